The van der Waals surface area contributed by atoms with Crippen LogP contribution in [-0.4, -0.2) is 69.4 Å². The van der Waals surface area contributed by atoms with Crippen LogP contribution in [0.2, 0.25) is 5.02 Å². The van der Waals surface area contributed by atoms with Gasteiger partial charge in [0.1, 0.15) is 5.82 Å². The largest absolute Gasteiger partial charge is 0.356 e. The predicted molar refractivity (Wildman–Crippen MR) is 134 cm³/mol. The number of likely N-dealkylation sites (tertiary alicyclic amines) is 1. The van der Waals surface area contributed by atoms with Crippen molar-refractivity contribution in [3.63, 3.8) is 0 Å². The van der Waals surface area contributed by atoms with Crippen LogP contribution >= 0.6 is 11.6 Å². The molecule has 1 aromatic carbocycles. The second-order valence-electron chi connectivity index (χ2n) is 9.43. The van der Waals surface area contributed by atoms with Crippen molar-refractivity contribution in [3.8, 4) is 11.4 Å². The molecule has 2 aliphatic rings. The highest BCUT2D eigenvalue weighted by molar-refractivity contribution is 6.30. The lowest BCUT2D eigenvalue weighted by Crippen LogP contribution is -2.42. The average Bonchev–Trinajstić information content (AvgIpc) is 3.55. The Morgan fingerprint density at radius 1 is 1.06 bits per heavy atom. The Bertz CT molecular complexity index is 1120. The first-order valence-electron chi connectivity index (χ1n) is 12.3. The Hall–Kier alpha value is -2.71. The summed E-state index contributed by atoms with van der Waals surface area (Å²) in [5.41, 5.74) is 1.61. The topological polar surface area (TPSA) is 78.7 Å². The van der Waals surface area contributed by atoms with E-state index in [-0.39, 0.29) is 11.8 Å². The average molecular weight is 482 g/mol. The molecular weight excluding hydrogens is 450 g/mol. The quantitative estimate of drug-likeness (QED) is 0.555. The number of halogens is 1. The molecule has 0 unspecified atom stereocenters. The summed E-state index contributed by atoms with van der Waals surface area (Å²) in [7, 11) is 0. The van der Waals surface area contributed by atoms with Crippen LogP contribution in [0.1, 0.15) is 39.0 Å². The number of nitrogens with one attached hydrogen (secondary N) is 1. The summed E-state index contributed by atoms with van der Waals surface area (Å²) in [6.45, 7) is 7.04. The molecule has 0 spiro atoms. The van der Waals surface area contributed by atoms with E-state index < -0.39 is 0 Å². The van der Waals surface area contributed by atoms with Crippen molar-refractivity contribution >= 4 is 29.0 Å². The van der Waals surface area contributed by atoms with Gasteiger partial charge in [0.25, 0.3) is 0 Å². The fraction of sp³-hybridized carbons (Fsp3) is 0.520. The molecule has 0 radical (unpaired) electrons. The SMILES string of the molecule is C[C@H](CCNC(=O)C1CCN(c2ccc3nnc(-c4ccc(Cl)cc4)n3n2)CC1)N1CCCC1. The highest BCUT2D eigenvalue weighted by atomic mass is 35.5. The highest BCUT2D eigenvalue weighted by Crippen LogP contribution is 2.25. The number of nitrogens with zero attached hydrogens (tertiary/aromatic N) is 6. The lowest BCUT2D eigenvalue weighted by molar-refractivity contribution is -0.125. The number of carbonyl (C=O) groups excluding carboxylic acids is 1. The first kappa shape index (κ1) is 23.1. The molecule has 3 aromatic rings. The van der Waals surface area contributed by atoms with E-state index in [0.717, 1.165) is 50.3 Å². The Kier molecular flexibility index (Phi) is 6.97. The van der Waals surface area contributed by atoms with Crippen LogP contribution in [0.4, 0.5) is 5.82 Å². The number of amides is 1. The Balaban J connectivity index is 1.16. The van der Waals surface area contributed by atoms with Gasteiger partial charge in [-0.25, -0.2) is 0 Å². The van der Waals surface area contributed by atoms with E-state index in [1.165, 1.54) is 25.9 Å². The van der Waals surface area contributed by atoms with Gasteiger partial charge in [0.15, 0.2) is 11.5 Å². The maximum absolute atomic E-state index is 12.7. The predicted octanol–water partition coefficient (Wildman–Crippen LogP) is 3.65. The molecule has 8 nitrogen and oxygen atoms in total. The summed E-state index contributed by atoms with van der Waals surface area (Å²) in [6, 6.07) is 12.0. The molecule has 1 N–H and O–H groups in total. The van der Waals surface area contributed by atoms with E-state index in [2.05, 4.69) is 32.2 Å². The van der Waals surface area contributed by atoms with Gasteiger partial charge in [-0.15, -0.1) is 15.3 Å². The fourth-order valence-corrected chi connectivity index (χ4v) is 5.14. The van der Waals surface area contributed by atoms with Crippen molar-refractivity contribution < 1.29 is 4.79 Å². The van der Waals surface area contributed by atoms with E-state index >= 15 is 0 Å². The zero-order chi connectivity index (χ0) is 23.5. The maximum atomic E-state index is 12.7. The maximum Gasteiger partial charge on any atom is 0.223 e. The summed E-state index contributed by atoms with van der Waals surface area (Å²) in [5, 5.41) is 17.2. The van der Waals surface area contributed by atoms with Gasteiger partial charge < -0.3 is 15.1 Å². The van der Waals surface area contributed by atoms with E-state index in [1.807, 2.05) is 36.4 Å². The Morgan fingerprint density at radius 2 is 1.79 bits per heavy atom. The van der Waals surface area contributed by atoms with E-state index in [0.29, 0.717) is 22.5 Å². The van der Waals surface area contributed by atoms with Crippen molar-refractivity contribution in [2.75, 3.05) is 37.6 Å². The normalized spacial score (nSPS) is 18.5. The van der Waals surface area contributed by atoms with Crippen molar-refractivity contribution in [3.05, 3.63) is 41.4 Å². The minimum Gasteiger partial charge on any atom is -0.356 e. The van der Waals surface area contributed by atoms with Gasteiger partial charge in [-0.05, 0) is 88.5 Å². The minimum absolute atomic E-state index is 0.0709. The molecule has 1 amide bonds. The van der Waals surface area contributed by atoms with Gasteiger partial charge in [0.05, 0.1) is 0 Å². The Labute approximate surface area is 205 Å². The fourth-order valence-electron chi connectivity index (χ4n) is 5.01. The zero-order valence-corrected chi connectivity index (χ0v) is 20.4. The molecule has 2 saturated heterocycles. The van der Waals surface area contributed by atoms with Crippen molar-refractivity contribution in [2.24, 2.45) is 5.92 Å². The third-order valence-electron chi connectivity index (χ3n) is 7.17. The number of carbonyl (C=O) groups is 1. The molecule has 2 aromatic heterocycles. The Morgan fingerprint density at radius 3 is 2.53 bits per heavy atom. The van der Waals surface area contributed by atoms with E-state index in [9.17, 15) is 4.79 Å². The minimum atomic E-state index is 0.0709. The lowest BCUT2D eigenvalue weighted by atomic mass is 9.96. The molecular formula is C25H32ClN7O. The molecule has 180 valence electrons. The number of rotatable bonds is 7. The summed E-state index contributed by atoms with van der Waals surface area (Å²) >= 11 is 6.03. The van der Waals surface area contributed by atoms with Crippen LogP contribution in [0.5, 0.6) is 0 Å². The molecule has 0 saturated carbocycles. The van der Waals surface area contributed by atoms with Gasteiger partial charge in [-0.1, -0.05) is 11.6 Å². The molecule has 5 rings (SSSR count). The summed E-state index contributed by atoms with van der Waals surface area (Å²) in [5.74, 6) is 1.83. The molecule has 9 heteroatoms. The van der Waals surface area contributed by atoms with Crippen molar-refractivity contribution in [2.45, 2.75) is 45.1 Å². The van der Waals surface area contributed by atoms with Gasteiger partial charge >= 0.3 is 0 Å². The van der Waals surface area contributed by atoms with Crippen LogP contribution < -0.4 is 10.2 Å². The first-order valence-corrected chi connectivity index (χ1v) is 12.7. The van der Waals surface area contributed by atoms with Gasteiger partial charge in [-0.3, -0.25) is 4.79 Å². The van der Waals surface area contributed by atoms with Crippen LogP contribution in [0.15, 0.2) is 36.4 Å². The number of aromatic nitrogens is 4. The van der Waals surface area contributed by atoms with Crippen molar-refractivity contribution in [1.29, 1.82) is 0 Å². The van der Waals surface area contributed by atoms with Crippen LogP contribution in [0.3, 0.4) is 0 Å². The summed E-state index contributed by atoms with van der Waals surface area (Å²) in [4.78, 5) is 17.5. The van der Waals surface area contributed by atoms with Crippen molar-refractivity contribution in [1.82, 2.24) is 30.0 Å². The number of hydrogen-bond acceptors (Lipinski definition) is 6. The third kappa shape index (κ3) is 5.03. The van der Waals surface area contributed by atoms with E-state index in [1.54, 1.807) is 4.52 Å². The third-order valence-corrected chi connectivity index (χ3v) is 7.42. The summed E-state index contributed by atoms with van der Waals surface area (Å²) < 4.78 is 1.78. The lowest BCUT2D eigenvalue weighted by Gasteiger charge is -2.32. The van der Waals surface area contributed by atoms with E-state index in [4.69, 9.17) is 16.7 Å². The van der Waals surface area contributed by atoms with Crippen LogP contribution in [-0.2, 0) is 4.79 Å². The number of anilines is 1. The standard InChI is InChI=1S/C25H32ClN7O/c1-18(31-14-2-3-15-31)10-13-27-25(34)20-11-16-32(17-12-20)23-9-8-22-28-29-24(33(22)30-23)19-4-6-21(26)7-5-19/h4-9,18,20H,2-3,10-17H2,1H3,(H,27,34)/t18-/m1/s1. The zero-order valence-electron chi connectivity index (χ0n) is 19.7. The van der Waals surface area contributed by atoms with Crippen LogP contribution in [0.25, 0.3) is 17.0 Å². The molecule has 1 atom stereocenters. The van der Waals surface area contributed by atoms with Gasteiger partial charge in [0, 0.05) is 42.2 Å². The molecule has 2 aliphatic heterocycles. The number of hydrogen-bond donors (Lipinski definition) is 1. The van der Waals surface area contributed by atoms with Gasteiger partial charge in [-0.2, -0.15) is 4.52 Å². The number of benzene rings is 1. The molecule has 4 heterocycles. The second-order valence-corrected chi connectivity index (χ2v) is 9.86. The molecule has 0 aliphatic carbocycles. The smallest absolute Gasteiger partial charge is 0.223 e. The number of piperidine rings is 1. The van der Waals surface area contributed by atoms with Crippen LogP contribution in [0, 0.1) is 5.92 Å². The highest BCUT2D eigenvalue weighted by Gasteiger charge is 2.26. The molecule has 0 bridgehead atoms. The second kappa shape index (κ2) is 10.3. The monoisotopic (exact) mass is 481 g/mol. The first-order chi connectivity index (χ1) is 16.6. The number of fused-ring (bicyclic) bond motifs is 1. The van der Waals surface area contributed by atoms with Gasteiger partial charge in [0.2, 0.25) is 5.91 Å². The summed E-state index contributed by atoms with van der Waals surface area (Å²) in [6.07, 6.45) is 5.29. The molecule has 2 fully saturated rings. The molecule has 34 heavy (non-hydrogen) atoms.